The smallest absolute Gasteiger partial charge is 0.133 e. The van der Waals surface area contributed by atoms with Crippen LogP contribution in [-0.2, 0) is 4.74 Å². The zero-order chi connectivity index (χ0) is 13.0. The summed E-state index contributed by atoms with van der Waals surface area (Å²) in [7, 11) is 2.09. The van der Waals surface area contributed by atoms with Crippen LogP contribution < -0.4 is 10.6 Å². The van der Waals surface area contributed by atoms with E-state index in [0.717, 1.165) is 31.1 Å². The van der Waals surface area contributed by atoms with Gasteiger partial charge in [-0.2, -0.15) is 0 Å². The van der Waals surface area contributed by atoms with Gasteiger partial charge in [-0.3, -0.25) is 0 Å². The van der Waals surface area contributed by atoms with Crippen LogP contribution >= 0.6 is 0 Å². The second-order valence-corrected chi connectivity index (χ2v) is 5.17. The number of pyridine rings is 1. The molecule has 1 saturated heterocycles. The fraction of sp³-hybridized carbons (Fsp3) is 0.643. The second kappa shape index (κ2) is 6.16. The van der Waals surface area contributed by atoms with Gasteiger partial charge < -0.3 is 15.4 Å². The normalized spacial score (nSPS) is 21.6. The molecule has 2 atom stereocenters. The van der Waals surface area contributed by atoms with E-state index in [1.165, 1.54) is 12.8 Å². The minimum atomic E-state index is 0.0127. The standard InChI is InChI=1S/C14H23N3O/c1-11(15)13-6-3-7-16-14(13)17(2)9-12-5-4-8-18-10-12/h3,6-7,11-12H,4-5,8-10,15H2,1-2H3/t11-,12?/m1/s1. The van der Waals surface area contributed by atoms with E-state index < -0.39 is 0 Å². The Morgan fingerprint density at radius 1 is 1.61 bits per heavy atom. The van der Waals surface area contributed by atoms with Crippen LogP contribution in [0.1, 0.15) is 31.4 Å². The molecule has 1 aromatic heterocycles. The Morgan fingerprint density at radius 3 is 3.11 bits per heavy atom. The molecule has 0 aromatic carbocycles. The third kappa shape index (κ3) is 3.21. The Morgan fingerprint density at radius 2 is 2.44 bits per heavy atom. The zero-order valence-electron chi connectivity index (χ0n) is 11.3. The lowest BCUT2D eigenvalue weighted by Gasteiger charge is -2.29. The third-order valence-electron chi connectivity index (χ3n) is 3.46. The molecular weight excluding hydrogens is 226 g/mol. The van der Waals surface area contributed by atoms with Gasteiger partial charge >= 0.3 is 0 Å². The highest BCUT2D eigenvalue weighted by atomic mass is 16.5. The molecule has 2 heterocycles. The number of ether oxygens (including phenoxy) is 1. The first-order valence-corrected chi connectivity index (χ1v) is 6.68. The molecule has 0 aliphatic carbocycles. The van der Waals surface area contributed by atoms with Gasteiger partial charge in [0.15, 0.2) is 0 Å². The van der Waals surface area contributed by atoms with E-state index in [-0.39, 0.29) is 6.04 Å². The van der Waals surface area contributed by atoms with Gasteiger partial charge in [-0.05, 0) is 31.7 Å². The Balaban J connectivity index is 2.05. The quantitative estimate of drug-likeness (QED) is 0.886. The van der Waals surface area contributed by atoms with Crippen molar-refractivity contribution in [3.63, 3.8) is 0 Å². The van der Waals surface area contributed by atoms with Crippen LogP contribution in [0.25, 0.3) is 0 Å². The van der Waals surface area contributed by atoms with Crippen molar-refractivity contribution in [2.24, 2.45) is 11.7 Å². The summed E-state index contributed by atoms with van der Waals surface area (Å²) in [5.41, 5.74) is 7.10. The first-order chi connectivity index (χ1) is 8.68. The predicted molar refractivity (Wildman–Crippen MR) is 73.7 cm³/mol. The molecule has 0 radical (unpaired) electrons. The molecule has 1 aliphatic rings. The van der Waals surface area contributed by atoms with Gasteiger partial charge in [0.25, 0.3) is 0 Å². The van der Waals surface area contributed by atoms with Crippen molar-refractivity contribution >= 4 is 5.82 Å². The molecule has 0 bridgehead atoms. The van der Waals surface area contributed by atoms with Crippen molar-refractivity contribution in [2.45, 2.75) is 25.8 Å². The Bertz CT molecular complexity index is 375. The van der Waals surface area contributed by atoms with Crippen LogP contribution in [0.5, 0.6) is 0 Å². The summed E-state index contributed by atoms with van der Waals surface area (Å²) in [6, 6.07) is 4.01. The van der Waals surface area contributed by atoms with Crippen molar-refractivity contribution in [1.82, 2.24) is 4.98 Å². The summed E-state index contributed by atoms with van der Waals surface area (Å²) < 4.78 is 5.52. The number of nitrogens with two attached hydrogens (primary N) is 1. The molecule has 0 spiro atoms. The number of anilines is 1. The summed E-state index contributed by atoms with van der Waals surface area (Å²) in [6.07, 6.45) is 4.24. The monoisotopic (exact) mass is 249 g/mol. The van der Waals surface area contributed by atoms with Crippen LogP contribution in [0.15, 0.2) is 18.3 Å². The van der Waals surface area contributed by atoms with E-state index in [0.29, 0.717) is 5.92 Å². The lowest BCUT2D eigenvalue weighted by molar-refractivity contribution is 0.0576. The van der Waals surface area contributed by atoms with Crippen LogP contribution in [0.3, 0.4) is 0 Å². The molecule has 2 N–H and O–H groups in total. The molecule has 2 rings (SSSR count). The molecule has 18 heavy (non-hydrogen) atoms. The van der Waals surface area contributed by atoms with E-state index in [1.807, 2.05) is 19.2 Å². The van der Waals surface area contributed by atoms with E-state index in [1.54, 1.807) is 0 Å². The number of hydrogen-bond donors (Lipinski definition) is 1. The highest BCUT2D eigenvalue weighted by Crippen LogP contribution is 2.23. The zero-order valence-corrected chi connectivity index (χ0v) is 11.3. The summed E-state index contributed by atoms with van der Waals surface area (Å²) in [4.78, 5) is 6.68. The molecule has 4 heteroatoms. The highest BCUT2D eigenvalue weighted by molar-refractivity contribution is 5.47. The van der Waals surface area contributed by atoms with Crippen molar-refractivity contribution in [1.29, 1.82) is 0 Å². The summed E-state index contributed by atoms with van der Waals surface area (Å²) in [6.45, 7) is 4.76. The molecule has 1 unspecified atom stereocenters. The SMILES string of the molecule is C[C@@H](N)c1cccnc1N(C)CC1CCCOC1. The van der Waals surface area contributed by atoms with E-state index >= 15 is 0 Å². The fourth-order valence-corrected chi connectivity index (χ4v) is 2.51. The van der Waals surface area contributed by atoms with E-state index in [4.69, 9.17) is 10.5 Å². The van der Waals surface area contributed by atoms with Crippen molar-refractivity contribution in [3.05, 3.63) is 23.9 Å². The molecular formula is C14H23N3O. The Labute approximate surface area is 109 Å². The third-order valence-corrected chi connectivity index (χ3v) is 3.46. The average Bonchev–Trinajstić information content (AvgIpc) is 2.40. The molecule has 0 saturated carbocycles. The minimum Gasteiger partial charge on any atom is -0.381 e. The summed E-state index contributed by atoms with van der Waals surface area (Å²) in [5.74, 6) is 1.60. The first kappa shape index (κ1) is 13.3. The average molecular weight is 249 g/mol. The van der Waals surface area contributed by atoms with Gasteiger partial charge in [0.2, 0.25) is 0 Å². The van der Waals surface area contributed by atoms with Gasteiger partial charge in [0.1, 0.15) is 5.82 Å². The van der Waals surface area contributed by atoms with Gasteiger partial charge in [0, 0.05) is 38.0 Å². The number of rotatable bonds is 4. The predicted octanol–water partition coefficient (Wildman–Crippen LogP) is 1.96. The van der Waals surface area contributed by atoms with E-state index in [9.17, 15) is 0 Å². The topological polar surface area (TPSA) is 51.4 Å². The van der Waals surface area contributed by atoms with Crippen LogP contribution in [0, 0.1) is 5.92 Å². The van der Waals surface area contributed by atoms with Crippen LogP contribution in [0.2, 0.25) is 0 Å². The lowest BCUT2D eigenvalue weighted by atomic mass is 10.0. The summed E-state index contributed by atoms with van der Waals surface area (Å²) in [5, 5.41) is 0. The number of hydrogen-bond acceptors (Lipinski definition) is 4. The minimum absolute atomic E-state index is 0.0127. The molecule has 0 amide bonds. The molecule has 100 valence electrons. The van der Waals surface area contributed by atoms with E-state index in [2.05, 4.69) is 23.0 Å². The van der Waals surface area contributed by atoms with Gasteiger partial charge in [-0.1, -0.05) is 6.07 Å². The summed E-state index contributed by atoms with van der Waals surface area (Å²) >= 11 is 0. The lowest BCUT2D eigenvalue weighted by Crippen LogP contribution is -2.32. The van der Waals surface area contributed by atoms with Gasteiger partial charge in [-0.15, -0.1) is 0 Å². The first-order valence-electron chi connectivity index (χ1n) is 6.68. The van der Waals surface area contributed by atoms with Gasteiger partial charge in [0.05, 0.1) is 6.61 Å². The van der Waals surface area contributed by atoms with Crippen molar-refractivity contribution in [2.75, 3.05) is 31.7 Å². The molecule has 1 aliphatic heterocycles. The van der Waals surface area contributed by atoms with Crippen LogP contribution in [-0.4, -0.2) is 31.8 Å². The van der Waals surface area contributed by atoms with Gasteiger partial charge in [-0.25, -0.2) is 4.98 Å². The number of nitrogens with zero attached hydrogens (tertiary/aromatic N) is 2. The maximum Gasteiger partial charge on any atom is 0.133 e. The fourth-order valence-electron chi connectivity index (χ4n) is 2.51. The Kier molecular flexibility index (Phi) is 4.55. The largest absolute Gasteiger partial charge is 0.381 e. The van der Waals surface area contributed by atoms with Crippen molar-refractivity contribution in [3.8, 4) is 0 Å². The molecule has 1 fully saturated rings. The Hall–Kier alpha value is -1.13. The molecule has 1 aromatic rings. The van der Waals surface area contributed by atoms with Crippen LogP contribution in [0.4, 0.5) is 5.82 Å². The maximum atomic E-state index is 5.99. The number of aromatic nitrogens is 1. The second-order valence-electron chi connectivity index (χ2n) is 5.17. The molecule has 4 nitrogen and oxygen atoms in total. The maximum absolute atomic E-state index is 5.99. The highest BCUT2D eigenvalue weighted by Gasteiger charge is 2.18. The van der Waals surface area contributed by atoms with Crippen molar-refractivity contribution < 1.29 is 4.74 Å².